The number of hydrogen-bond donors (Lipinski definition) is 1. The molecule has 33 heavy (non-hydrogen) atoms. The summed E-state index contributed by atoms with van der Waals surface area (Å²) < 4.78 is 15.3. The minimum atomic E-state index is -0.255. The number of likely N-dealkylation sites (tertiary alicyclic amines) is 1. The number of piperidine rings is 1. The summed E-state index contributed by atoms with van der Waals surface area (Å²) in [5.74, 6) is -0.203. The maximum absolute atomic E-state index is 13.2. The third-order valence-corrected chi connectivity index (χ3v) is 7.18. The van der Waals surface area contributed by atoms with Crippen molar-refractivity contribution in [3.05, 3.63) is 69.7 Å². The molecule has 1 fully saturated rings. The zero-order chi connectivity index (χ0) is 23.5. The van der Waals surface area contributed by atoms with Crippen molar-refractivity contribution in [2.24, 2.45) is 5.92 Å². The molecule has 3 aromatic rings. The maximum Gasteiger partial charge on any atom is 0.229 e. The lowest BCUT2D eigenvalue weighted by molar-refractivity contribution is -0.121. The second-order valence-corrected chi connectivity index (χ2v) is 9.61. The lowest BCUT2D eigenvalue weighted by Crippen LogP contribution is -2.40. The Morgan fingerprint density at radius 1 is 1.15 bits per heavy atom. The minimum Gasteiger partial charge on any atom is -0.344 e. The number of benzene rings is 1. The van der Waals surface area contributed by atoms with Crippen molar-refractivity contribution in [1.29, 1.82) is 0 Å². The molecule has 3 heterocycles. The number of Topliss-reactive ketones (excluding diaryl/α,β-unsaturated/α-hetero) is 1. The maximum atomic E-state index is 13.2. The van der Waals surface area contributed by atoms with Crippen molar-refractivity contribution in [2.75, 3.05) is 25.0 Å². The fourth-order valence-corrected chi connectivity index (χ4v) is 5.05. The minimum absolute atomic E-state index is 0.0136. The molecule has 1 amide bonds. The van der Waals surface area contributed by atoms with E-state index in [0.29, 0.717) is 18.2 Å². The Balaban J connectivity index is 1.32. The van der Waals surface area contributed by atoms with Crippen molar-refractivity contribution >= 4 is 28.2 Å². The fraction of sp³-hybridized carbons (Fsp3) is 0.400. The van der Waals surface area contributed by atoms with Gasteiger partial charge < -0.3 is 9.88 Å². The van der Waals surface area contributed by atoms with E-state index in [0.717, 1.165) is 54.1 Å². The number of ketones is 1. The zero-order valence-corrected chi connectivity index (χ0v) is 20.0. The molecule has 4 rings (SSSR count). The van der Waals surface area contributed by atoms with Gasteiger partial charge in [0.25, 0.3) is 0 Å². The van der Waals surface area contributed by atoms with E-state index in [1.807, 2.05) is 32.2 Å². The van der Waals surface area contributed by atoms with Crippen molar-refractivity contribution in [2.45, 2.75) is 40.2 Å². The van der Waals surface area contributed by atoms with Gasteiger partial charge in [0.05, 0.1) is 12.2 Å². The van der Waals surface area contributed by atoms with Gasteiger partial charge in [-0.3, -0.25) is 14.5 Å². The van der Waals surface area contributed by atoms with E-state index in [2.05, 4.69) is 19.8 Å². The number of aromatic nitrogens is 2. The van der Waals surface area contributed by atoms with Gasteiger partial charge >= 0.3 is 0 Å². The molecule has 8 heteroatoms. The molecule has 1 aliphatic heterocycles. The van der Waals surface area contributed by atoms with Crippen LogP contribution in [0, 0.1) is 32.5 Å². The van der Waals surface area contributed by atoms with Gasteiger partial charge in [-0.05, 0) is 70.5 Å². The molecular weight excluding hydrogens is 439 g/mol. The molecule has 0 saturated carbocycles. The predicted molar refractivity (Wildman–Crippen MR) is 128 cm³/mol. The summed E-state index contributed by atoms with van der Waals surface area (Å²) in [5.41, 5.74) is 4.56. The molecular formula is C25H29FN4O2S. The summed E-state index contributed by atoms with van der Waals surface area (Å²) in [6.07, 6.45) is 1.46. The number of nitrogens with zero attached hydrogens (tertiary/aromatic N) is 3. The highest BCUT2D eigenvalue weighted by atomic mass is 32.1. The largest absolute Gasteiger partial charge is 0.344 e. The van der Waals surface area contributed by atoms with E-state index in [1.165, 1.54) is 23.5 Å². The van der Waals surface area contributed by atoms with E-state index in [4.69, 9.17) is 0 Å². The zero-order valence-electron chi connectivity index (χ0n) is 19.2. The number of thiazole rings is 1. The highest BCUT2D eigenvalue weighted by Crippen LogP contribution is 2.23. The predicted octanol–water partition coefficient (Wildman–Crippen LogP) is 4.59. The molecule has 0 radical (unpaired) electrons. The molecule has 1 N–H and O–H groups in total. The van der Waals surface area contributed by atoms with Crippen LogP contribution in [0.25, 0.3) is 0 Å². The van der Waals surface area contributed by atoms with Crippen LogP contribution in [-0.4, -0.2) is 45.8 Å². The summed E-state index contributed by atoms with van der Waals surface area (Å²) in [4.78, 5) is 32.0. The summed E-state index contributed by atoms with van der Waals surface area (Å²) in [6, 6.07) is 8.39. The number of aryl methyl sites for hydroxylation is 2. The third kappa shape index (κ3) is 5.57. The van der Waals surface area contributed by atoms with Gasteiger partial charge in [0.15, 0.2) is 10.9 Å². The van der Waals surface area contributed by atoms with Crippen LogP contribution in [0.2, 0.25) is 0 Å². The summed E-state index contributed by atoms with van der Waals surface area (Å²) >= 11 is 1.44. The van der Waals surface area contributed by atoms with E-state index in [-0.39, 0.29) is 23.4 Å². The van der Waals surface area contributed by atoms with Crippen molar-refractivity contribution < 1.29 is 14.0 Å². The van der Waals surface area contributed by atoms with Gasteiger partial charge in [-0.2, -0.15) is 0 Å². The molecule has 0 bridgehead atoms. The van der Waals surface area contributed by atoms with Crippen LogP contribution >= 0.6 is 11.3 Å². The Labute approximate surface area is 197 Å². The Hall–Kier alpha value is -2.84. The Morgan fingerprint density at radius 3 is 2.48 bits per heavy atom. The van der Waals surface area contributed by atoms with E-state index >= 15 is 0 Å². The molecule has 0 aliphatic carbocycles. The number of hydrogen-bond acceptors (Lipinski definition) is 5. The van der Waals surface area contributed by atoms with Gasteiger partial charge in [-0.15, -0.1) is 11.3 Å². The molecule has 6 nitrogen and oxygen atoms in total. The molecule has 0 unspecified atom stereocenters. The second-order valence-electron chi connectivity index (χ2n) is 8.75. The van der Waals surface area contributed by atoms with Crippen molar-refractivity contribution in [3.8, 4) is 0 Å². The number of carbonyl (C=O) groups is 2. The first kappa shape index (κ1) is 23.3. The van der Waals surface area contributed by atoms with E-state index in [9.17, 15) is 14.0 Å². The van der Waals surface area contributed by atoms with Crippen LogP contribution in [0.15, 0.2) is 35.7 Å². The number of rotatable bonds is 7. The topological polar surface area (TPSA) is 67.2 Å². The van der Waals surface area contributed by atoms with Crippen LogP contribution in [0.3, 0.4) is 0 Å². The SMILES string of the molecule is Cc1csc(NC(=O)C2CCN(CC(=O)c3cc(C)n(Cc4ccc(F)cc4)c3C)CC2)n1. The number of halogens is 1. The molecule has 1 aliphatic rings. The highest BCUT2D eigenvalue weighted by molar-refractivity contribution is 7.13. The highest BCUT2D eigenvalue weighted by Gasteiger charge is 2.27. The Kier molecular flexibility index (Phi) is 7.05. The number of anilines is 1. The summed E-state index contributed by atoms with van der Waals surface area (Å²) in [7, 11) is 0. The first-order valence-electron chi connectivity index (χ1n) is 11.2. The Morgan fingerprint density at radius 2 is 1.85 bits per heavy atom. The monoisotopic (exact) mass is 468 g/mol. The van der Waals surface area contributed by atoms with Crippen LogP contribution in [0.1, 0.15) is 45.8 Å². The molecule has 1 aromatic carbocycles. The third-order valence-electron chi connectivity index (χ3n) is 6.30. The van der Waals surface area contributed by atoms with Gasteiger partial charge in [-0.25, -0.2) is 9.37 Å². The van der Waals surface area contributed by atoms with Gasteiger partial charge in [0.2, 0.25) is 5.91 Å². The van der Waals surface area contributed by atoms with Crippen molar-refractivity contribution in [1.82, 2.24) is 14.5 Å². The molecule has 174 valence electrons. The molecule has 1 saturated heterocycles. The molecule has 0 atom stereocenters. The van der Waals surface area contributed by atoms with Crippen LogP contribution < -0.4 is 5.32 Å². The number of nitrogens with one attached hydrogen (secondary N) is 1. The van der Waals surface area contributed by atoms with Crippen molar-refractivity contribution in [3.63, 3.8) is 0 Å². The summed E-state index contributed by atoms with van der Waals surface area (Å²) in [5, 5.41) is 5.47. The van der Waals surface area contributed by atoms with Gasteiger partial charge in [-0.1, -0.05) is 12.1 Å². The lowest BCUT2D eigenvalue weighted by atomic mass is 9.95. The van der Waals surface area contributed by atoms with E-state index < -0.39 is 0 Å². The average molecular weight is 469 g/mol. The van der Waals surface area contributed by atoms with E-state index in [1.54, 1.807) is 12.1 Å². The summed E-state index contributed by atoms with van der Waals surface area (Å²) in [6.45, 7) is 8.24. The standard InChI is InChI=1S/C25H29FN4O2S/c1-16-15-33-25(27-16)28-24(32)20-8-10-29(11-9-20)14-23(31)22-12-17(2)30(18(22)3)13-19-4-6-21(26)7-5-19/h4-7,12,15,20H,8-11,13-14H2,1-3H3,(H,27,28,32). The second kappa shape index (κ2) is 9.97. The normalized spacial score (nSPS) is 15.0. The number of carbonyl (C=O) groups excluding carboxylic acids is 2. The van der Waals surface area contributed by atoms with Crippen LogP contribution in [0.5, 0.6) is 0 Å². The smallest absolute Gasteiger partial charge is 0.229 e. The van der Waals surface area contributed by atoms with Gasteiger partial charge in [0.1, 0.15) is 5.82 Å². The van der Waals surface area contributed by atoms with Crippen LogP contribution in [0.4, 0.5) is 9.52 Å². The average Bonchev–Trinajstić information content (AvgIpc) is 3.33. The van der Waals surface area contributed by atoms with Crippen LogP contribution in [-0.2, 0) is 11.3 Å². The lowest BCUT2D eigenvalue weighted by Gasteiger charge is -2.30. The quantitative estimate of drug-likeness (QED) is 0.515. The number of amides is 1. The molecule has 0 spiro atoms. The first-order valence-corrected chi connectivity index (χ1v) is 12.1. The van der Waals surface area contributed by atoms with Gasteiger partial charge in [0, 0.05) is 34.8 Å². The fourth-order valence-electron chi connectivity index (χ4n) is 4.36. The first-order chi connectivity index (χ1) is 15.8. The molecule has 2 aromatic heterocycles. The Bertz CT molecular complexity index is 1140.